The number of pyridine rings is 1. The summed E-state index contributed by atoms with van der Waals surface area (Å²) in [4.78, 5) is 41.5. The maximum atomic E-state index is 13.0. The lowest BCUT2D eigenvalue weighted by atomic mass is 10.0. The molecular formula is C28H35NO8. The summed E-state index contributed by atoms with van der Waals surface area (Å²) in [7, 11) is 1.38. The summed E-state index contributed by atoms with van der Waals surface area (Å²) in [5.41, 5.74) is -0.104. The summed E-state index contributed by atoms with van der Waals surface area (Å²) in [5, 5.41) is 0. The van der Waals surface area contributed by atoms with Crippen molar-refractivity contribution in [2.24, 2.45) is 5.92 Å². The van der Waals surface area contributed by atoms with Crippen LogP contribution in [0.4, 0.5) is 0 Å². The van der Waals surface area contributed by atoms with Crippen molar-refractivity contribution < 1.29 is 38.1 Å². The molecule has 0 radical (unpaired) electrons. The van der Waals surface area contributed by atoms with Crippen molar-refractivity contribution in [2.45, 2.75) is 58.8 Å². The number of carbonyl (C=O) groups excluding carboxylic acids is 3. The lowest BCUT2D eigenvalue weighted by Gasteiger charge is -2.31. The fraction of sp³-hybridized carbons (Fsp3) is 0.429. The minimum atomic E-state index is -0.816. The number of ketones is 1. The number of para-hydroxylation sites is 1. The van der Waals surface area contributed by atoms with Gasteiger partial charge in [0.05, 0.1) is 13.0 Å². The summed E-state index contributed by atoms with van der Waals surface area (Å²) in [6.07, 6.45) is 1.62. The topological polar surface area (TPSA) is 110 Å². The van der Waals surface area contributed by atoms with Crippen molar-refractivity contribution in [1.29, 1.82) is 0 Å². The Kier molecular flexibility index (Phi) is 11.8. The molecule has 0 bridgehead atoms. The van der Waals surface area contributed by atoms with Gasteiger partial charge in [0.25, 0.3) is 0 Å². The second kappa shape index (κ2) is 14.7. The quantitative estimate of drug-likeness (QED) is 0.192. The van der Waals surface area contributed by atoms with Crippen LogP contribution in [0.1, 0.15) is 51.0 Å². The molecule has 1 heterocycles. The third-order valence-corrected chi connectivity index (χ3v) is 5.34. The molecule has 0 unspecified atom stereocenters. The van der Waals surface area contributed by atoms with E-state index < -0.39 is 42.0 Å². The zero-order valence-corrected chi connectivity index (χ0v) is 22.0. The van der Waals surface area contributed by atoms with Gasteiger partial charge >= 0.3 is 11.9 Å². The van der Waals surface area contributed by atoms with Crippen LogP contribution >= 0.6 is 0 Å². The number of rotatable bonds is 15. The zero-order chi connectivity index (χ0) is 27.4. The van der Waals surface area contributed by atoms with E-state index in [1.165, 1.54) is 26.3 Å². The Morgan fingerprint density at radius 1 is 1.11 bits per heavy atom. The minimum Gasteiger partial charge on any atom is -0.493 e. The number of methoxy groups -OCH3 is 1. The second-order valence-electron chi connectivity index (χ2n) is 8.42. The molecule has 1 aromatic heterocycles. The molecule has 4 atom stereocenters. The third-order valence-electron chi connectivity index (χ3n) is 5.34. The van der Waals surface area contributed by atoms with Gasteiger partial charge in [0.15, 0.2) is 23.3 Å². The number of carbonyl (C=O) groups is 3. The molecule has 9 heteroatoms. The fourth-order valence-corrected chi connectivity index (χ4v) is 3.49. The SMILES string of the molecule is C=C[C@H](OCCC)[C@@H](Oc1ccccc1)[C@H](C)OC(=O)[C@H](C)CC(=O)c1nccc(OC)c1OC(C)=O. The lowest BCUT2D eigenvalue weighted by molar-refractivity contribution is -0.160. The van der Waals surface area contributed by atoms with E-state index in [4.69, 9.17) is 23.7 Å². The standard InChI is InChI=1S/C28H35NO8/c1-7-16-34-23(8-2)26(37-21-12-10-9-11-13-21)19(4)35-28(32)18(3)17-22(31)25-27(36-20(5)30)24(33-6)14-15-29-25/h8-15,18-19,23,26H,2,7,16-17H2,1,3-6H3/t18-,19+,23+,26+/m1/s1. The summed E-state index contributed by atoms with van der Waals surface area (Å²) >= 11 is 0. The molecule has 0 N–H and O–H groups in total. The molecule has 2 rings (SSSR count). The van der Waals surface area contributed by atoms with Crippen molar-refractivity contribution >= 4 is 17.7 Å². The van der Waals surface area contributed by atoms with Crippen molar-refractivity contribution in [3.8, 4) is 17.2 Å². The molecule has 2 aromatic rings. The maximum absolute atomic E-state index is 13.0. The van der Waals surface area contributed by atoms with E-state index >= 15 is 0 Å². The van der Waals surface area contributed by atoms with Gasteiger partial charge in [-0.15, -0.1) is 6.58 Å². The highest BCUT2D eigenvalue weighted by Crippen LogP contribution is 2.31. The van der Waals surface area contributed by atoms with E-state index in [0.29, 0.717) is 12.4 Å². The molecule has 0 aliphatic rings. The van der Waals surface area contributed by atoms with Gasteiger partial charge in [-0.3, -0.25) is 14.4 Å². The van der Waals surface area contributed by atoms with Gasteiger partial charge in [-0.25, -0.2) is 4.98 Å². The van der Waals surface area contributed by atoms with E-state index in [0.717, 1.165) is 6.42 Å². The van der Waals surface area contributed by atoms with E-state index in [-0.39, 0.29) is 23.6 Å². The largest absolute Gasteiger partial charge is 0.493 e. The molecular weight excluding hydrogens is 478 g/mol. The van der Waals surface area contributed by atoms with Crippen LogP contribution in [0.15, 0.2) is 55.3 Å². The van der Waals surface area contributed by atoms with Crippen LogP contribution in [0.3, 0.4) is 0 Å². The van der Waals surface area contributed by atoms with Crippen LogP contribution in [0, 0.1) is 5.92 Å². The number of aromatic nitrogens is 1. The molecule has 0 fully saturated rings. The van der Waals surface area contributed by atoms with Gasteiger partial charge in [-0.1, -0.05) is 38.1 Å². The van der Waals surface area contributed by atoms with Crippen molar-refractivity contribution in [3.05, 3.63) is 60.9 Å². The Labute approximate surface area is 217 Å². The minimum absolute atomic E-state index is 0.0883. The molecule has 9 nitrogen and oxygen atoms in total. The molecule has 37 heavy (non-hydrogen) atoms. The lowest BCUT2D eigenvalue weighted by Crippen LogP contribution is -2.44. The van der Waals surface area contributed by atoms with Crippen LogP contribution in [0.2, 0.25) is 0 Å². The van der Waals surface area contributed by atoms with Crippen LogP contribution in [-0.2, 0) is 19.1 Å². The van der Waals surface area contributed by atoms with Gasteiger partial charge < -0.3 is 23.7 Å². The second-order valence-corrected chi connectivity index (χ2v) is 8.42. The van der Waals surface area contributed by atoms with Gasteiger partial charge in [0, 0.05) is 32.2 Å². The molecule has 0 amide bonds. The Bertz CT molecular complexity index is 1060. The summed E-state index contributed by atoms with van der Waals surface area (Å²) in [6, 6.07) is 10.6. The molecule has 0 spiro atoms. The first-order chi connectivity index (χ1) is 17.7. The molecule has 0 aliphatic heterocycles. The number of ether oxygens (including phenoxy) is 5. The summed E-state index contributed by atoms with van der Waals surface area (Å²) < 4.78 is 28.0. The Balaban J connectivity index is 2.15. The first kappa shape index (κ1) is 29.5. The highest BCUT2D eigenvalue weighted by molar-refractivity contribution is 5.99. The van der Waals surface area contributed by atoms with E-state index in [2.05, 4.69) is 11.6 Å². The number of esters is 2. The molecule has 200 valence electrons. The maximum Gasteiger partial charge on any atom is 0.309 e. The van der Waals surface area contributed by atoms with E-state index in [1.807, 2.05) is 25.1 Å². The Hall–Kier alpha value is -3.72. The summed E-state index contributed by atoms with van der Waals surface area (Å²) in [6.45, 7) is 10.8. The van der Waals surface area contributed by atoms with Gasteiger partial charge in [-0.2, -0.15) is 0 Å². The Morgan fingerprint density at radius 2 is 1.81 bits per heavy atom. The van der Waals surface area contributed by atoms with Crippen molar-refractivity contribution in [1.82, 2.24) is 4.98 Å². The highest BCUT2D eigenvalue weighted by Gasteiger charge is 2.33. The normalized spacial score (nSPS) is 14.0. The molecule has 0 saturated carbocycles. The van der Waals surface area contributed by atoms with E-state index in [1.54, 1.807) is 32.1 Å². The third kappa shape index (κ3) is 8.71. The Morgan fingerprint density at radius 3 is 2.41 bits per heavy atom. The number of hydrogen-bond acceptors (Lipinski definition) is 9. The summed E-state index contributed by atoms with van der Waals surface area (Å²) in [5.74, 6) is -1.86. The van der Waals surface area contributed by atoms with Crippen molar-refractivity contribution in [3.63, 3.8) is 0 Å². The highest BCUT2D eigenvalue weighted by atomic mass is 16.6. The molecule has 0 saturated heterocycles. The first-order valence-corrected chi connectivity index (χ1v) is 12.1. The smallest absolute Gasteiger partial charge is 0.309 e. The number of nitrogens with zero attached hydrogens (tertiary/aromatic N) is 1. The van der Waals surface area contributed by atoms with Gasteiger partial charge in [0.1, 0.15) is 18.0 Å². The number of hydrogen-bond donors (Lipinski definition) is 0. The average Bonchev–Trinajstić information content (AvgIpc) is 2.88. The predicted octanol–water partition coefficient (Wildman–Crippen LogP) is 4.58. The van der Waals surface area contributed by atoms with Crippen LogP contribution in [-0.4, -0.2) is 54.7 Å². The number of Topliss-reactive ketones (excluding diaryl/α,β-unsaturated/α-hetero) is 1. The molecule has 1 aromatic carbocycles. The first-order valence-electron chi connectivity index (χ1n) is 12.1. The van der Waals surface area contributed by atoms with Gasteiger partial charge in [0.2, 0.25) is 5.75 Å². The predicted molar refractivity (Wildman–Crippen MR) is 137 cm³/mol. The van der Waals surface area contributed by atoms with Gasteiger partial charge in [-0.05, 0) is 25.5 Å². The monoisotopic (exact) mass is 513 g/mol. The molecule has 0 aliphatic carbocycles. The van der Waals surface area contributed by atoms with Crippen molar-refractivity contribution in [2.75, 3.05) is 13.7 Å². The fourth-order valence-electron chi connectivity index (χ4n) is 3.49. The van der Waals surface area contributed by atoms with E-state index in [9.17, 15) is 14.4 Å². The van der Waals surface area contributed by atoms with Crippen LogP contribution in [0.25, 0.3) is 0 Å². The average molecular weight is 514 g/mol. The zero-order valence-electron chi connectivity index (χ0n) is 22.0. The van der Waals surface area contributed by atoms with Crippen LogP contribution in [0.5, 0.6) is 17.2 Å². The number of benzene rings is 1. The van der Waals surface area contributed by atoms with Crippen LogP contribution < -0.4 is 14.2 Å².